The van der Waals surface area contributed by atoms with Crippen molar-refractivity contribution in [2.45, 2.75) is 19.6 Å². The number of urea groups is 1. The normalized spacial score (nSPS) is 15.2. The van der Waals surface area contributed by atoms with Gasteiger partial charge in [-0.2, -0.15) is 0 Å². The lowest BCUT2D eigenvalue weighted by molar-refractivity contribution is -0.138. The van der Waals surface area contributed by atoms with Crippen molar-refractivity contribution in [1.82, 2.24) is 10.6 Å². The molecule has 7 heteroatoms. The van der Waals surface area contributed by atoms with E-state index < -0.39 is 18.0 Å². The number of carbonyl (C=O) groups is 2. The van der Waals surface area contributed by atoms with E-state index in [0.717, 1.165) is 5.56 Å². The lowest BCUT2D eigenvalue weighted by Gasteiger charge is -2.29. The van der Waals surface area contributed by atoms with E-state index in [1.165, 1.54) is 0 Å². The second-order valence-corrected chi connectivity index (χ2v) is 7.62. The Balaban J connectivity index is 1.71. The quantitative estimate of drug-likeness (QED) is 0.482. The Morgan fingerprint density at radius 3 is 2.41 bits per heavy atom. The Morgan fingerprint density at radius 1 is 0.941 bits per heavy atom. The molecular weight excluding hydrogens is 432 g/mol. The molecule has 3 aromatic carbocycles. The second kappa shape index (κ2) is 10.6. The molecule has 0 saturated heterocycles. The largest absolute Gasteiger partial charge is 0.497 e. The molecule has 1 heterocycles. The molecule has 0 saturated carbocycles. The number of esters is 1. The molecule has 0 bridgehead atoms. The molecule has 174 valence electrons. The highest BCUT2D eigenvalue weighted by atomic mass is 16.5. The van der Waals surface area contributed by atoms with Crippen molar-refractivity contribution in [3.05, 3.63) is 101 Å². The molecule has 1 unspecified atom stereocenters. The molecule has 1 aliphatic heterocycles. The molecule has 0 radical (unpaired) electrons. The summed E-state index contributed by atoms with van der Waals surface area (Å²) in [4.78, 5) is 25.7. The van der Waals surface area contributed by atoms with Gasteiger partial charge >= 0.3 is 12.0 Å². The monoisotopic (exact) mass is 458 g/mol. The van der Waals surface area contributed by atoms with E-state index in [2.05, 4.69) is 10.6 Å². The van der Waals surface area contributed by atoms with Gasteiger partial charge in [-0.3, -0.25) is 0 Å². The average Bonchev–Trinajstić information content (AvgIpc) is 2.88. The fourth-order valence-corrected chi connectivity index (χ4v) is 3.75. The molecule has 3 aromatic rings. The maximum Gasteiger partial charge on any atom is 0.338 e. The van der Waals surface area contributed by atoms with E-state index in [1.54, 1.807) is 38.3 Å². The maximum absolute atomic E-state index is 13.1. The Morgan fingerprint density at radius 2 is 1.71 bits per heavy atom. The first-order chi connectivity index (χ1) is 16.6. The van der Waals surface area contributed by atoms with Gasteiger partial charge in [-0.05, 0) is 60.0 Å². The van der Waals surface area contributed by atoms with Crippen LogP contribution in [0.2, 0.25) is 0 Å². The van der Waals surface area contributed by atoms with Gasteiger partial charge in [0, 0.05) is 0 Å². The van der Waals surface area contributed by atoms with E-state index >= 15 is 0 Å². The molecule has 0 spiro atoms. The van der Waals surface area contributed by atoms with Crippen LogP contribution < -0.4 is 20.1 Å². The molecule has 4 rings (SSSR count). The fourth-order valence-electron chi connectivity index (χ4n) is 3.75. The number of hydrogen-bond acceptors (Lipinski definition) is 5. The molecule has 2 amide bonds. The van der Waals surface area contributed by atoms with Crippen molar-refractivity contribution in [2.75, 3.05) is 13.7 Å². The predicted octanol–water partition coefficient (Wildman–Crippen LogP) is 4.60. The number of nitrogens with one attached hydrogen (secondary N) is 2. The SMILES string of the molecule is CCOC(=O)C1=C(c2ccc(OC)cc2)NC(=O)NC1c1cccc(OCc2ccccc2)c1. The van der Waals surface area contributed by atoms with Gasteiger partial charge in [0.15, 0.2) is 0 Å². The van der Waals surface area contributed by atoms with Crippen molar-refractivity contribution < 1.29 is 23.8 Å². The van der Waals surface area contributed by atoms with E-state index in [0.29, 0.717) is 40.5 Å². The molecule has 0 aliphatic carbocycles. The van der Waals surface area contributed by atoms with Crippen LogP contribution in [0.25, 0.3) is 5.70 Å². The predicted molar refractivity (Wildman–Crippen MR) is 128 cm³/mol. The van der Waals surface area contributed by atoms with Crippen molar-refractivity contribution >= 4 is 17.7 Å². The van der Waals surface area contributed by atoms with Crippen molar-refractivity contribution in [1.29, 1.82) is 0 Å². The third-order valence-electron chi connectivity index (χ3n) is 5.39. The molecule has 7 nitrogen and oxygen atoms in total. The lowest BCUT2D eigenvalue weighted by atomic mass is 9.92. The summed E-state index contributed by atoms with van der Waals surface area (Å²) in [5.41, 5.74) is 3.11. The van der Waals surface area contributed by atoms with Gasteiger partial charge in [-0.15, -0.1) is 0 Å². The lowest BCUT2D eigenvalue weighted by Crippen LogP contribution is -2.45. The van der Waals surface area contributed by atoms with Crippen molar-refractivity contribution in [3.63, 3.8) is 0 Å². The zero-order valence-electron chi connectivity index (χ0n) is 19.0. The van der Waals surface area contributed by atoms with Gasteiger partial charge in [0.25, 0.3) is 0 Å². The number of hydrogen-bond donors (Lipinski definition) is 2. The zero-order valence-corrected chi connectivity index (χ0v) is 19.0. The highest BCUT2D eigenvalue weighted by molar-refractivity contribution is 6.04. The standard InChI is InChI=1S/C27H26N2O5/c1-3-33-26(30)23-24(19-12-14-21(32-2)15-13-19)28-27(31)29-25(23)20-10-7-11-22(16-20)34-17-18-8-5-4-6-9-18/h4-16,25H,3,17H2,1-2H3,(H2,28,29,31). The van der Waals surface area contributed by atoms with Gasteiger partial charge in [0.05, 0.1) is 31.0 Å². The Hall–Kier alpha value is -4.26. The summed E-state index contributed by atoms with van der Waals surface area (Å²) in [6, 6.07) is 23.2. The number of methoxy groups -OCH3 is 1. The summed E-state index contributed by atoms with van der Waals surface area (Å²) < 4.78 is 16.5. The summed E-state index contributed by atoms with van der Waals surface area (Å²) in [6.07, 6.45) is 0. The fraction of sp³-hybridized carbons (Fsp3) is 0.185. The molecule has 2 N–H and O–H groups in total. The summed E-state index contributed by atoms with van der Waals surface area (Å²) in [5, 5.41) is 5.63. The Bertz CT molecular complexity index is 1190. The Kier molecular flexibility index (Phi) is 7.13. The summed E-state index contributed by atoms with van der Waals surface area (Å²) in [7, 11) is 1.58. The molecule has 0 aromatic heterocycles. The number of rotatable bonds is 8. The van der Waals surface area contributed by atoms with Crippen LogP contribution in [-0.4, -0.2) is 25.7 Å². The highest BCUT2D eigenvalue weighted by Crippen LogP contribution is 2.34. The third-order valence-corrected chi connectivity index (χ3v) is 5.39. The van der Waals surface area contributed by atoms with Crippen LogP contribution in [0, 0.1) is 0 Å². The minimum atomic E-state index is -0.717. The molecule has 0 fully saturated rings. The van der Waals surface area contributed by atoms with Crippen LogP contribution in [0.5, 0.6) is 11.5 Å². The highest BCUT2D eigenvalue weighted by Gasteiger charge is 2.34. The smallest absolute Gasteiger partial charge is 0.338 e. The topological polar surface area (TPSA) is 85.9 Å². The molecule has 1 atom stereocenters. The summed E-state index contributed by atoms with van der Waals surface area (Å²) in [5.74, 6) is 0.784. The van der Waals surface area contributed by atoms with Gasteiger partial charge in [-0.25, -0.2) is 9.59 Å². The first-order valence-electron chi connectivity index (χ1n) is 11.0. The first kappa shape index (κ1) is 22.9. The molecule has 34 heavy (non-hydrogen) atoms. The number of ether oxygens (including phenoxy) is 3. The molecule has 1 aliphatic rings. The van der Waals surface area contributed by atoms with Crippen molar-refractivity contribution in [2.24, 2.45) is 0 Å². The van der Waals surface area contributed by atoms with E-state index in [-0.39, 0.29) is 6.61 Å². The summed E-state index contributed by atoms with van der Waals surface area (Å²) >= 11 is 0. The van der Waals surface area contributed by atoms with Gasteiger partial charge in [0.2, 0.25) is 0 Å². The number of amides is 2. The van der Waals surface area contributed by atoms with Gasteiger partial charge in [-0.1, -0.05) is 42.5 Å². The zero-order chi connectivity index (χ0) is 23.9. The second-order valence-electron chi connectivity index (χ2n) is 7.62. The van der Waals surface area contributed by atoms with Crippen molar-refractivity contribution in [3.8, 4) is 11.5 Å². The van der Waals surface area contributed by atoms with E-state index in [1.807, 2.05) is 54.6 Å². The van der Waals surface area contributed by atoms with Crippen LogP contribution >= 0.6 is 0 Å². The third kappa shape index (κ3) is 5.20. The van der Waals surface area contributed by atoms with Crippen LogP contribution in [0.3, 0.4) is 0 Å². The maximum atomic E-state index is 13.1. The van der Waals surface area contributed by atoms with Gasteiger partial charge in [0.1, 0.15) is 18.1 Å². The number of benzene rings is 3. The first-order valence-corrected chi connectivity index (χ1v) is 11.0. The number of carbonyl (C=O) groups excluding carboxylic acids is 2. The van der Waals surface area contributed by atoms with Crippen LogP contribution in [0.4, 0.5) is 4.79 Å². The average molecular weight is 459 g/mol. The van der Waals surface area contributed by atoms with E-state index in [9.17, 15) is 9.59 Å². The summed E-state index contributed by atoms with van der Waals surface area (Å²) in [6.45, 7) is 2.35. The van der Waals surface area contributed by atoms with Crippen LogP contribution in [0.1, 0.15) is 29.7 Å². The minimum Gasteiger partial charge on any atom is -0.497 e. The van der Waals surface area contributed by atoms with Crippen LogP contribution in [-0.2, 0) is 16.1 Å². The Labute approximate surface area is 198 Å². The molecular formula is C27H26N2O5. The van der Waals surface area contributed by atoms with Gasteiger partial charge < -0.3 is 24.8 Å². The minimum absolute atomic E-state index is 0.207. The van der Waals surface area contributed by atoms with Crippen LogP contribution in [0.15, 0.2) is 84.4 Å². The van der Waals surface area contributed by atoms with E-state index in [4.69, 9.17) is 14.2 Å².